The van der Waals surface area contributed by atoms with Gasteiger partial charge in [0.05, 0.1) is 6.54 Å². The van der Waals surface area contributed by atoms with E-state index in [9.17, 15) is 4.39 Å². The minimum Gasteiger partial charge on any atom is -0.303 e. The predicted molar refractivity (Wildman–Crippen MR) is 119 cm³/mol. The predicted octanol–water partition coefficient (Wildman–Crippen LogP) is 5.40. The van der Waals surface area contributed by atoms with Gasteiger partial charge in [0.15, 0.2) is 0 Å². The first-order valence-electron chi connectivity index (χ1n) is 11.2. The lowest BCUT2D eigenvalue weighted by atomic mass is 9.86. The van der Waals surface area contributed by atoms with E-state index in [-0.39, 0.29) is 5.82 Å². The van der Waals surface area contributed by atoms with Crippen LogP contribution in [-0.2, 0) is 32.2 Å². The van der Waals surface area contributed by atoms with Gasteiger partial charge in [-0.15, -0.1) is 0 Å². The molecule has 0 atom stereocenters. The number of hydrogen-bond acceptors (Lipinski definition) is 2. The Balaban J connectivity index is 1.17. The zero-order valence-corrected chi connectivity index (χ0v) is 17.5. The minimum atomic E-state index is -0.174. The lowest BCUT2D eigenvalue weighted by Crippen LogP contribution is -2.35. The van der Waals surface area contributed by atoms with Gasteiger partial charge in [0.25, 0.3) is 0 Å². The Bertz CT molecular complexity index is 837. The van der Waals surface area contributed by atoms with E-state index in [0.717, 1.165) is 12.0 Å². The van der Waals surface area contributed by atoms with Crippen LogP contribution in [0.3, 0.4) is 0 Å². The molecule has 1 aliphatic heterocycles. The fraction of sp³-hybridized carbons (Fsp3) is 0.500. The molecule has 1 heterocycles. The first kappa shape index (κ1) is 20.3. The van der Waals surface area contributed by atoms with E-state index in [1.165, 1.54) is 75.7 Å². The highest BCUT2D eigenvalue weighted by Crippen LogP contribution is 2.26. The lowest BCUT2D eigenvalue weighted by molar-refractivity contribution is 0.181. The quantitative estimate of drug-likeness (QED) is 0.412. The summed E-state index contributed by atoms with van der Waals surface area (Å²) in [5.74, 6) is 0.523. The second kappa shape index (κ2) is 9.67. The van der Waals surface area contributed by atoms with Gasteiger partial charge in [-0.05, 0) is 124 Å². The Hall–Kier alpha value is -2.00. The average Bonchev–Trinajstić information content (AvgIpc) is 2.70. The third kappa shape index (κ3) is 5.33. The summed E-state index contributed by atoms with van der Waals surface area (Å²) in [5, 5.41) is 0. The van der Waals surface area contributed by atoms with Crippen molar-refractivity contribution in [3.05, 3.63) is 70.0 Å². The Morgan fingerprint density at radius 2 is 1.79 bits per heavy atom. The first-order valence-corrected chi connectivity index (χ1v) is 11.2. The summed E-state index contributed by atoms with van der Waals surface area (Å²) in [6.45, 7) is 7.69. The largest absolute Gasteiger partial charge is 0.303 e. The van der Waals surface area contributed by atoms with Gasteiger partial charge in [-0.2, -0.15) is 0 Å². The fourth-order valence-electron chi connectivity index (χ4n) is 4.85. The highest BCUT2D eigenvalue weighted by molar-refractivity contribution is 5.38. The highest BCUT2D eigenvalue weighted by Gasteiger charge is 2.20. The van der Waals surface area contributed by atoms with E-state index in [4.69, 9.17) is 0 Å². The van der Waals surface area contributed by atoms with Gasteiger partial charge in [-0.1, -0.05) is 24.3 Å². The number of unbranched alkanes of at least 4 members (excludes halogenated alkanes) is 1. The molecule has 0 bridgehead atoms. The fourth-order valence-corrected chi connectivity index (χ4v) is 4.85. The van der Waals surface area contributed by atoms with Crippen LogP contribution >= 0.6 is 0 Å². The zero-order chi connectivity index (χ0) is 20.1. The van der Waals surface area contributed by atoms with Crippen molar-refractivity contribution in [1.29, 1.82) is 0 Å². The van der Waals surface area contributed by atoms with Crippen molar-refractivity contribution in [2.45, 2.75) is 57.9 Å². The van der Waals surface area contributed by atoms with Crippen molar-refractivity contribution in [1.82, 2.24) is 4.90 Å². The smallest absolute Gasteiger partial charge is 0.123 e. The standard InChI is InChI=1S/C26H33FN2/c1-28-19-25-18-26(27)10-9-24(25)17-21-11-14-29(15-12-21)13-3-2-4-20-5-6-22-7-8-23(22)16-20/h5-6,9-10,16,18,21H,1-4,7-8,11-15,17,19H2. The number of benzene rings is 2. The third-order valence-corrected chi connectivity index (χ3v) is 6.79. The van der Waals surface area contributed by atoms with Gasteiger partial charge in [0.1, 0.15) is 5.82 Å². The number of rotatable bonds is 9. The molecule has 0 radical (unpaired) electrons. The van der Waals surface area contributed by atoms with Crippen LogP contribution in [0.2, 0.25) is 0 Å². The molecule has 154 valence electrons. The maximum atomic E-state index is 13.5. The SMILES string of the molecule is C=NCc1cc(F)ccc1CC1CCN(CCCCc2ccc3c(c2)CC3)CC1. The molecule has 2 nitrogen and oxygen atoms in total. The number of piperidine rings is 1. The lowest BCUT2D eigenvalue weighted by Gasteiger charge is -2.32. The van der Waals surface area contributed by atoms with Crippen LogP contribution in [-0.4, -0.2) is 31.3 Å². The van der Waals surface area contributed by atoms with Gasteiger partial charge in [0, 0.05) is 0 Å². The molecular weight excluding hydrogens is 359 g/mol. The van der Waals surface area contributed by atoms with Crippen LogP contribution < -0.4 is 0 Å². The summed E-state index contributed by atoms with van der Waals surface area (Å²) in [6, 6.07) is 12.2. The topological polar surface area (TPSA) is 15.6 Å². The van der Waals surface area contributed by atoms with E-state index in [1.807, 2.05) is 6.07 Å². The summed E-state index contributed by atoms with van der Waals surface area (Å²) >= 11 is 0. The third-order valence-electron chi connectivity index (χ3n) is 6.79. The van der Waals surface area contributed by atoms with E-state index in [0.29, 0.717) is 12.5 Å². The number of likely N-dealkylation sites (tertiary alicyclic amines) is 1. The van der Waals surface area contributed by atoms with Crippen LogP contribution in [0.1, 0.15) is 53.5 Å². The van der Waals surface area contributed by atoms with Crippen LogP contribution in [0, 0.1) is 11.7 Å². The van der Waals surface area contributed by atoms with Crippen molar-refractivity contribution < 1.29 is 4.39 Å². The number of halogens is 1. The number of aryl methyl sites for hydroxylation is 3. The molecule has 29 heavy (non-hydrogen) atoms. The van der Waals surface area contributed by atoms with Gasteiger partial charge < -0.3 is 4.90 Å². The Kier molecular flexibility index (Phi) is 6.76. The van der Waals surface area contributed by atoms with Gasteiger partial charge in [-0.3, -0.25) is 4.99 Å². The molecular formula is C26H33FN2. The second-order valence-electron chi connectivity index (χ2n) is 8.84. The Morgan fingerprint density at radius 3 is 2.52 bits per heavy atom. The van der Waals surface area contributed by atoms with Crippen molar-refractivity contribution in [2.75, 3.05) is 19.6 Å². The molecule has 1 aliphatic carbocycles. The summed E-state index contributed by atoms with van der Waals surface area (Å²) in [6.07, 6.45) is 9.86. The molecule has 0 spiro atoms. The minimum absolute atomic E-state index is 0.174. The average molecular weight is 393 g/mol. The summed E-state index contributed by atoms with van der Waals surface area (Å²) in [7, 11) is 0. The molecule has 3 heteroatoms. The first-order chi connectivity index (χ1) is 14.2. The number of nitrogens with zero attached hydrogens (tertiary/aromatic N) is 2. The molecule has 1 fully saturated rings. The molecule has 0 aromatic heterocycles. The van der Waals surface area contributed by atoms with Crippen LogP contribution in [0.25, 0.3) is 0 Å². The van der Waals surface area contributed by atoms with E-state index >= 15 is 0 Å². The van der Waals surface area contributed by atoms with Gasteiger partial charge in [-0.25, -0.2) is 4.39 Å². The number of hydrogen-bond donors (Lipinski definition) is 0. The molecule has 2 aromatic rings. The molecule has 0 amide bonds. The van der Waals surface area contributed by atoms with Crippen molar-refractivity contribution in [3.8, 4) is 0 Å². The highest BCUT2D eigenvalue weighted by atomic mass is 19.1. The number of fused-ring (bicyclic) bond motifs is 1. The maximum Gasteiger partial charge on any atom is 0.123 e. The van der Waals surface area contributed by atoms with Gasteiger partial charge in [0.2, 0.25) is 0 Å². The summed E-state index contributed by atoms with van der Waals surface area (Å²) < 4.78 is 13.5. The molecule has 0 N–H and O–H groups in total. The Labute approximate surface area is 174 Å². The normalized spacial score (nSPS) is 17.0. The second-order valence-corrected chi connectivity index (χ2v) is 8.84. The van der Waals surface area contributed by atoms with E-state index < -0.39 is 0 Å². The molecule has 2 aliphatic rings. The van der Waals surface area contributed by atoms with E-state index in [2.05, 4.69) is 34.8 Å². The summed E-state index contributed by atoms with van der Waals surface area (Å²) in [4.78, 5) is 6.59. The van der Waals surface area contributed by atoms with Crippen LogP contribution in [0.4, 0.5) is 4.39 Å². The van der Waals surface area contributed by atoms with Crippen LogP contribution in [0.5, 0.6) is 0 Å². The monoisotopic (exact) mass is 392 g/mol. The zero-order valence-electron chi connectivity index (χ0n) is 17.5. The van der Waals surface area contributed by atoms with Crippen molar-refractivity contribution in [2.24, 2.45) is 10.9 Å². The van der Waals surface area contributed by atoms with Crippen molar-refractivity contribution >= 4 is 6.72 Å². The van der Waals surface area contributed by atoms with Crippen molar-refractivity contribution in [3.63, 3.8) is 0 Å². The summed E-state index contributed by atoms with van der Waals surface area (Å²) in [5.41, 5.74) is 6.91. The molecule has 0 saturated carbocycles. The molecule has 0 unspecified atom stereocenters. The molecule has 2 aromatic carbocycles. The molecule has 4 rings (SSSR count). The number of aliphatic imine (C=N–C) groups is 1. The van der Waals surface area contributed by atoms with Gasteiger partial charge >= 0.3 is 0 Å². The van der Waals surface area contributed by atoms with E-state index in [1.54, 1.807) is 23.3 Å². The van der Waals surface area contributed by atoms with Crippen LogP contribution in [0.15, 0.2) is 41.4 Å². The molecule has 1 saturated heterocycles. The Morgan fingerprint density at radius 1 is 0.966 bits per heavy atom. The maximum absolute atomic E-state index is 13.5.